The summed E-state index contributed by atoms with van der Waals surface area (Å²) in [5, 5.41) is 4.66. The number of hydrogen-bond donors (Lipinski definition) is 0. The van der Waals surface area contributed by atoms with Crippen molar-refractivity contribution in [3.05, 3.63) is 42.1 Å². The van der Waals surface area contributed by atoms with E-state index in [1.807, 2.05) is 17.0 Å². The topological polar surface area (TPSA) is 31.0 Å². The van der Waals surface area contributed by atoms with E-state index in [1.54, 1.807) is 6.26 Å². The molecule has 0 N–H and O–H groups in total. The maximum Gasteiger partial charge on any atom is 0.0940 e. The minimum absolute atomic E-state index is 0.0220. The first kappa shape index (κ1) is 12.9. The van der Waals surface area contributed by atoms with Gasteiger partial charge in [0.1, 0.15) is 0 Å². The Morgan fingerprint density at radius 2 is 1.89 bits per heavy atom. The lowest BCUT2D eigenvalue weighted by Crippen LogP contribution is -2.24. The molecule has 0 aliphatic rings. The number of nitrogens with zero attached hydrogens (tertiary/aromatic N) is 2. The second-order valence-corrected chi connectivity index (χ2v) is 6.54. The average molecular weight is 246 g/mol. The lowest BCUT2D eigenvalue weighted by molar-refractivity contribution is 0.397. The van der Waals surface area contributed by atoms with Crippen molar-refractivity contribution in [1.29, 1.82) is 0 Å². The van der Waals surface area contributed by atoms with E-state index >= 15 is 0 Å². The first-order chi connectivity index (χ1) is 8.29. The third kappa shape index (κ3) is 2.66. The van der Waals surface area contributed by atoms with Gasteiger partial charge in [-0.25, -0.2) is 0 Å². The van der Waals surface area contributed by atoms with Crippen LogP contribution in [0.15, 0.2) is 35.3 Å². The lowest BCUT2D eigenvalue weighted by atomic mass is 9.87. The second kappa shape index (κ2) is 4.30. The van der Waals surface area contributed by atoms with E-state index in [2.05, 4.69) is 52.0 Å². The van der Waals surface area contributed by atoms with Crippen LogP contribution in [0, 0.1) is 0 Å². The third-order valence-corrected chi connectivity index (χ3v) is 3.27. The summed E-state index contributed by atoms with van der Waals surface area (Å²) >= 11 is 0. The van der Waals surface area contributed by atoms with Crippen LogP contribution in [0.3, 0.4) is 0 Å². The molecule has 0 radical (unpaired) electrons. The van der Waals surface area contributed by atoms with Crippen molar-refractivity contribution in [2.24, 2.45) is 0 Å². The summed E-state index contributed by atoms with van der Waals surface area (Å²) in [6.07, 6.45) is 5.59. The van der Waals surface area contributed by atoms with Gasteiger partial charge in [-0.1, -0.05) is 34.6 Å². The Morgan fingerprint density at radius 3 is 2.39 bits per heavy atom. The Hall–Kier alpha value is -1.51. The maximum absolute atomic E-state index is 5.17. The van der Waals surface area contributed by atoms with Gasteiger partial charge in [-0.15, -0.1) is 0 Å². The monoisotopic (exact) mass is 246 g/mol. The fourth-order valence-electron chi connectivity index (χ4n) is 2.00. The van der Waals surface area contributed by atoms with Crippen LogP contribution in [0.4, 0.5) is 0 Å². The van der Waals surface area contributed by atoms with Crippen LogP contribution in [0.2, 0.25) is 0 Å². The van der Waals surface area contributed by atoms with E-state index in [0.717, 1.165) is 12.2 Å². The average Bonchev–Trinajstić information content (AvgIpc) is 2.83. The van der Waals surface area contributed by atoms with Gasteiger partial charge in [0, 0.05) is 17.0 Å². The van der Waals surface area contributed by atoms with Crippen molar-refractivity contribution in [2.45, 2.75) is 52.0 Å². The number of rotatable bonds is 3. The molecule has 0 spiro atoms. The van der Waals surface area contributed by atoms with Gasteiger partial charge in [0.05, 0.1) is 24.8 Å². The van der Waals surface area contributed by atoms with Gasteiger partial charge in [-0.2, -0.15) is 5.10 Å². The number of hydrogen-bond acceptors (Lipinski definition) is 2. The summed E-state index contributed by atoms with van der Waals surface area (Å²) in [5.41, 5.74) is 2.46. The molecule has 0 unspecified atom stereocenters. The molecule has 3 nitrogen and oxygen atoms in total. The third-order valence-electron chi connectivity index (χ3n) is 3.27. The highest BCUT2D eigenvalue weighted by Gasteiger charge is 2.24. The number of furan rings is 1. The van der Waals surface area contributed by atoms with Crippen molar-refractivity contribution < 1.29 is 4.42 Å². The number of aromatic nitrogens is 2. The molecule has 2 rings (SSSR count). The summed E-state index contributed by atoms with van der Waals surface area (Å²) in [5.74, 6) is 0. The van der Waals surface area contributed by atoms with Crippen molar-refractivity contribution in [3.8, 4) is 0 Å². The normalized spacial score (nSPS) is 12.9. The Bertz CT molecular complexity index is 501. The van der Waals surface area contributed by atoms with Gasteiger partial charge in [-0.3, -0.25) is 4.68 Å². The van der Waals surface area contributed by atoms with Crippen LogP contribution in [0.5, 0.6) is 0 Å². The van der Waals surface area contributed by atoms with Crippen molar-refractivity contribution in [3.63, 3.8) is 0 Å². The minimum atomic E-state index is 0.0220. The molecule has 0 amide bonds. The molecule has 0 saturated carbocycles. The first-order valence-corrected chi connectivity index (χ1v) is 6.36. The fraction of sp³-hybridized carbons (Fsp3) is 0.533. The molecule has 98 valence electrons. The van der Waals surface area contributed by atoms with Crippen LogP contribution in [0.1, 0.15) is 45.9 Å². The van der Waals surface area contributed by atoms with E-state index < -0.39 is 0 Å². The van der Waals surface area contributed by atoms with Crippen LogP contribution < -0.4 is 0 Å². The second-order valence-electron chi connectivity index (χ2n) is 6.54. The molecule has 0 aliphatic heterocycles. The van der Waals surface area contributed by atoms with E-state index in [0.29, 0.717) is 0 Å². The van der Waals surface area contributed by atoms with E-state index in [-0.39, 0.29) is 10.8 Å². The van der Waals surface area contributed by atoms with Gasteiger partial charge in [-0.05, 0) is 17.7 Å². The molecule has 0 aromatic carbocycles. The van der Waals surface area contributed by atoms with Crippen molar-refractivity contribution >= 4 is 0 Å². The Labute approximate surface area is 109 Å². The molecule has 0 aliphatic carbocycles. The summed E-state index contributed by atoms with van der Waals surface area (Å²) < 4.78 is 7.19. The van der Waals surface area contributed by atoms with E-state index in [4.69, 9.17) is 4.42 Å². The Kier molecular flexibility index (Phi) is 3.09. The molecule has 0 fully saturated rings. The molecule has 2 aromatic rings. The van der Waals surface area contributed by atoms with Crippen LogP contribution >= 0.6 is 0 Å². The molecule has 18 heavy (non-hydrogen) atoms. The quantitative estimate of drug-likeness (QED) is 0.825. The van der Waals surface area contributed by atoms with Gasteiger partial charge >= 0.3 is 0 Å². The van der Waals surface area contributed by atoms with E-state index in [1.165, 1.54) is 5.56 Å². The van der Waals surface area contributed by atoms with E-state index in [9.17, 15) is 0 Å². The fourth-order valence-corrected chi connectivity index (χ4v) is 2.00. The Morgan fingerprint density at radius 1 is 1.17 bits per heavy atom. The highest BCUT2D eigenvalue weighted by atomic mass is 16.3. The van der Waals surface area contributed by atoms with Crippen molar-refractivity contribution in [1.82, 2.24) is 9.78 Å². The molecule has 0 atom stereocenters. The minimum Gasteiger partial charge on any atom is -0.472 e. The summed E-state index contributed by atoms with van der Waals surface area (Å²) in [6.45, 7) is 11.8. The van der Waals surface area contributed by atoms with Crippen molar-refractivity contribution in [2.75, 3.05) is 0 Å². The molecule has 2 aromatic heterocycles. The lowest BCUT2D eigenvalue weighted by Gasteiger charge is -2.23. The zero-order valence-corrected chi connectivity index (χ0v) is 11.9. The summed E-state index contributed by atoms with van der Waals surface area (Å²) in [7, 11) is 0. The van der Waals surface area contributed by atoms with Gasteiger partial charge in [0.2, 0.25) is 0 Å². The molecule has 0 bridgehead atoms. The predicted molar refractivity (Wildman–Crippen MR) is 72.7 cm³/mol. The highest BCUT2D eigenvalue weighted by molar-refractivity contribution is 5.18. The molecular weight excluding hydrogens is 224 g/mol. The standard InChI is InChI=1S/C15H22N2O/c1-14(2,3)13-6-8-17(16-13)11-15(4,5)12-7-9-18-10-12/h6-10H,11H2,1-5H3. The molecular formula is C15H22N2O. The zero-order valence-electron chi connectivity index (χ0n) is 11.9. The van der Waals surface area contributed by atoms with Crippen LogP contribution in [-0.4, -0.2) is 9.78 Å². The summed E-state index contributed by atoms with van der Waals surface area (Å²) in [6, 6.07) is 4.12. The van der Waals surface area contributed by atoms with Gasteiger partial charge in [0.25, 0.3) is 0 Å². The van der Waals surface area contributed by atoms with Gasteiger partial charge in [0.15, 0.2) is 0 Å². The zero-order chi connectivity index (χ0) is 13.4. The maximum atomic E-state index is 5.17. The predicted octanol–water partition coefficient (Wildman–Crippen LogP) is 3.75. The first-order valence-electron chi connectivity index (χ1n) is 6.36. The van der Waals surface area contributed by atoms with Crippen LogP contribution in [0.25, 0.3) is 0 Å². The molecule has 2 heterocycles. The largest absolute Gasteiger partial charge is 0.472 e. The Balaban J connectivity index is 2.17. The summed E-state index contributed by atoms with van der Waals surface area (Å²) in [4.78, 5) is 0. The smallest absolute Gasteiger partial charge is 0.0940 e. The van der Waals surface area contributed by atoms with Crippen LogP contribution in [-0.2, 0) is 17.4 Å². The van der Waals surface area contributed by atoms with Gasteiger partial charge < -0.3 is 4.42 Å². The SMILES string of the molecule is CC(C)(C)c1ccn(CC(C)(C)c2ccoc2)n1. The molecule has 0 saturated heterocycles. The highest BCUT2D eigenvalue weighted by Crippen LogP contribution is 2.26. The molecule has 3 heteroatoms.